The number of halogens is 1. The molecule has 1 atom stereocenters. The Kier molecular flexibility index (Phi) is 5.24. The Morgan fingerprint density at radius 3 is 2.82 bits per heavy atom. The first-order valence-corrected chi connectivity index (χ1v) is 3.63. The Bertz CT molecular complexity index is 123. The van der Waals surface area contributed by atoms with E-state index in [1.807, 2.05) is 0 Å². The summed E-state index contributed by atoms with van der Waals surface area (Å²) < 4.78 is 9.57. The fraction of sp³-hybridized carbons (Fsp3) is 0.857. The normalized spacial score (nSPS) is 20.3. The zero-order chi connectivity index (χ0) is 7.40. The molecule has 1 aliphatic rings. The van der Waals surface area contributed by atoms with Crippen LogP contribution in [0.3, 0.4) is 0 Å². The first kappa shape index (κ1) is 10.7. The molecule has 66 valence electrons. The maximum Gasteiger partial charge on any atom is 0.337 e. The Morgan fingerprint density at radius 2 is 2.36 bits per heavy atom. The van der Waals surface area contributed by atoms with Gasteiger partial charge in [-0.2, -0.15) is 0 Å². The summed E-state index contributed by atoms with van der Waals surface area (Å²) in [6, 6.07) is 0. The van der Waals surface area contributed by atoms with Crippen molar-refractivity contribution in [2.75, 3.05) is 13.2 Å². The van der Waals surface area contributed by atoms with Crippen LogP contribution in [0.25, 0.3) is 0 Å². The number of hydrogen-bond acceptors (Lipinski definition) is 3. The highest BCUT2D eigenvalue weighted by molar-refractivity contribution is 5.85. The molecule has 1 unspecified atom stereocenters. The number of hydrogen-bond donors (Lipinski definition) is 0. The van der Waals surface area contributed by atoms with E-state index in [9.17, 15) is 4.79 Å². The van der Waals surface area contributed by atoms with Crippen LogP contribution in [0, 0.1) is 0 Å². The lowest BCUT2D eigenvalue weighted by Crippen LogP contribution is -2.11. The second-order valence-electron chi connectivity index (χ2n) is 2.34. The van der Waals surface area contributed by atoms with Crippen molar-refractivity contribution < 1.29 is 14.3 Å². The third-order valence-electron chi connectivity index (χ3n) is 1.34. The number of carbonyl (C=O) groups is 1. The van der Waals surface area contributed by atoms with Crippen LogP contribution in [0.2, 0.25) is 0 Å². The standard InChI is InChI=1S/C7H12O3.ClH/c1-2-3-4-9-7(8)6-5-10-6;/h6H,2-5H2,1H3;1H. The molecule has 1 rings (SSSR count). The molecular formula is C7H13ClO3. The molecule has 0 saturated carbocycles. The monoisotopic (exact) mass is 180 g/mol. The quantitative estimate of drug-likeness (QED) is 0.370. The number of unbranched alkanes of at least 4 members (excludes halogenated alkanes) is 1. The van der Waals surface area contributed by atoms with Gasteiger partial charge in [-0.3, -0.25) is 0 Å². The number of ether oxygens (including phenoxy) is 2. The summed E-state index contributed by atoms with van der Waals surface area (Å²) in [5.41, 5.74) is 0. The van der Waals surface area contributed by atoms with Gasteiger partial charge in [-0.15, -0.1) is 12.4 Å². The van der Waals surface area contributed by atoms with Gasteiger partial charge in [0.1, 0.15) is 0 Å². The number of esters is 1. The van der Waals surface area contributed by atoms with Gasteiger partial charge < -0.3 is 9.47 Å². The van der Waals surface area contributed by atoms with E-state index in [1.165, 1.54) is 0 Å². The molecule has 0 aromatic carbocycles. The number of epoxide rings is 1. The van der Waals surface area contributed by atoms with E-state index in [2.05, 4.69) is 6.92 Å². The molecule has 11 heavy (non-hydrogen) atoms. The molecule has 0 radical (unpaired) electrons. The maximum atomic E-state index is 10.7. The van der Waals surface area contributed by atoms with E-state index in [4.69, 9.17) is 9.47 Å². The minimum atomic E-state index is -0.239. The van der Waals surface area contributed by atoms with Crippen LogP contribution in [0.1, 0.15) is 19.8 Å². The van der Waals surface area contributed by atoms with Crippen LogP contribution in [0.4, 0.5) is 0 Å². The molecule has 4 heteroatoms. The number of carbonyl (C=O) groups excluding carboxylic acids is 1. The Balaban J connectivity index is 0.000001000. The van der Waals surface area contributed by atoms with E-state index in [-0.39, 0.29) is 24.5 Å². The molecule has 0 aromatic heterocycles. The molecule has 0 N–H and O–H groups in total. The van der Waals surface area contributed by atoms with Crippen molar-refractivity contribution in [3.63, 3.8) is 0 Å². The van der Waals surface area contributed by atoms with Crippen LogP contribution >= 0.6 is 12.4 Å². The van der Waals surface area contributed by atoms with E-state index in [1.54, 1.807) is 0 Å². The van der Waals surface area contributed by atoms with Crippen LogP contribution < -0.4 is 0 Å². The summed E-state index contributed by atoms with van der Waals surface area (Å²) in [6.07, 6.45) is 1.76. The SMILES string of the molecule is CCCCOC(=O)C1CO1.Cl. The summed E-state index contributed by atoms with van der Waals surface area (Å²) in [5, 5.41) is 0. The molecule has 3 nitrogen and oxygen atoms in total. The molecule has 0 bridgehead atoms. The van der Waals surface area contributed by atoms with Gasteiger partial charge in [-0.25, -0.2) is 4.79 Å². The summed E-state index contributed by atoms with van der Waals surface area (Å²) >= 11 is 0. The molecule has 0 amide bonds. The average Bonchev–Trinajstić information content (AvgIpc) is 2.69. The van der Waals surface area contributed by atoms with E-state index in [0.717, 1.165) is 12.8 Å². The molecule has 0 aliphatic carbocycles. The third-order valence-corrected chi connectivity index (χ3v) is 1.34. The molecule has 1 saturated heterocycles. The van der Waals surface area contributed by atoms with Crippen molar-refractivity contribution in [3.8, 4) is 0 Å². The second kappa shape index (κ2) is 5.38. The minimum absolute atomic E-state index is 0. The highest BCUT2D eigenvalue weighted by Crippen LogP contribution is 2.10. The van der Waals surface area contributed by atoms with Crippen LogP contribution in [-0.2, 0) is 14.3 Å². The van der Waals surface area contributed by atoms with Crippen LogP contribution in [-0.4, -0.2) is 25.3 Å². The highest BCUT2D eigenvalue weighted by Gasteiger charge is 2.32. The van der Waals surface area contributed by atoms with Crippen molar-refractivity contribution in [2.24, 2.45) is 0 Å². The average molecular weight is 181 g/mol. The highest BCUT2D eigenvalue weighted by atomic mass is 35.5. The van der Waals surface area contributed by atoms with Crippen LogP contribution in [0.15, 0.2) is 0 Å². The summed E-state index contributed by atoms with van der Waals surface area (Å²) in [7, 11) is 0. The second-order valence-corrected chi connectivity index (χ2v) is 2.34. The van der Waals surface area contributed by atoms with E-state index in [0.29, 0.717) is 13.2 Å². The smallest absolute Gasteiger partial charge is 0.337 e. The van der Waals surface area contributed by atoms with Gasteiger partial charge in [0.2, 0.25) is 0 Å². The maximum absolute atomic E-state index is 10.7. The van der Waals surface area contributed by atoms with Gasteiger partial charge >= 0.3 is 5.97 Å². The first-order valence-electron chi connectivity index (χ1n) is 3.63. The molecule has 1 heterocycles. The lowest BCUT2D eigenvalue weighted by molar-refractivity contribution is -0.145. The fourth-order valence-electron chi connectivity index (χ4n) is 0.594. The van der Waals surface area contributed by atoms with Crippen molar-refractivity contribution in [2.45, 2.75) is 25.9 Å². The minimum Gasteiger partial charge on any atom is -0.464 e. The van der Waals surface area contributed by atoms with Crippen molar-refractivity contribution in [3.05, 3.63) is 0 Å². The lowest BCUT2D eigenvalue weighted by atomic mass is 10.4. The van der Waals surface area contributed by atoms with Crippen LogP contribution in [0.5, 0.6) is 0 Å². The third kappa shape index (κ3) is 4.22. The van der Waals surface area contributed by atoms with Gasteiger partial charge in [0, 0.05) is 0 Å². The fourth-order valence-corrected chi connectivity index (χ4v) is 0.594. The van der Waals surface area contributed by atoms with Gasteiger partial charge in [0.25, 0.3) is 0 Å². The zero-order valence-electron chi connectivity index (χ0n) is 6.54. The van der Waals surface area contributed by atoms with Gasteiger partial charge in [-0.1, -0.05) is 13.3 Å². The van der Waals surface area contributed by atoms with E-state index >= 15 is 0 Å². The topological polar surface area (TPSA) is 38.8 Å². The van der Waals surface area contributed by atoms with Gasteiger partial charge in [0.05, 0.1) is 13.2 Å². The van der Waals surface area contributed by atoms with Crippen molar-refractivity contribution >= 4 is 18.4 Å². The molecule has 1 aliphatic heterocycles. The molecule has 1 fully saturated rings. The van der Waals surface area contributed by atoms with Gasteiger partial charge in [-0.05, 0) is 6.42 Å². The summed E-state index contributed by atoms with van der Waals surface area (Å²) in [4.78, 5) is 10.7. The Hall–Kier alpha value is -0.280. The van der Waals surface area contributed by atoms with E-state index < -0.39 is 0 Å². The molecule has 0 spiro atoms. The lowest BCUT2D eigenvalue weighted by Gasteiger charge is -1.99. The van der Waals surface area contributed by atoms with Crippen molar-refractivity contribution in [1.82, 2.24) is 0 Å². The van der Waals surface area contributed by atoms with Crippen molar-refractivity contribution in [1.29, 1.82) is 0 Å². The zero-order valence-corrected chi connectivity index (χ0v) is 7.36. The largest absolute Gasteiger partial charge is 0.464 e. The Morgan fingerprint density at radius 1 is 1.73 bits per heavy atom. The summed E-state index contributed by atoms with van der Waals surface area (Å²) in [5.74, 6) is -0.201. The predicted molar refractivity (Wildman–Crippen MR) is 42.9 cm³/mol. The first-order chi connectivity index (χ1) is 4.84. The number of rotatable bonds is 4. The predicted octanol–water partition coefficient (Wildman–Crippen LogP) is 1.15. The summed E-state index contributed by atoms with van der Waals surface area (Å²) in [6.45, 7) is 3.14. The van der Waals surface area contributed by atoms with Gasteiger partial charge in [0.15, 0.2) is 6.10 Å². The molecular weight excluding hydrogens is 168 g/mol. The molecule has 0 aromatic rings. The Labute approximate surface area is 72.5 Å².